The van der Waals surface area contributed by atoms with E-state index in [9.17, 15) is 9.90 Å². The van der Waals surface area contributed by atoms with Gasteiger partial charge in [0.15, 0.2) is 5.75 Å². The summed E-state index contributed by atoms with van der Waals surface area (Å²) in [6, 6.07) is 24.4. The predicted octanol–water partition coefficient (Wildman–Crippen LogP) is 8.28. The van der Waals surface area contributed by atoms with Crippen molar-refractivity contribution in [3.05, 3.63) is 95.6 Å². The summed E-state index contributed by atoms with van der Waals surface area (Å²) in [7, 11) is 0. The number of nitrogens with zero attached hydrogens (tertiary/aromatic N) is 2. The van der Waals surface area contributed by atoms with Crippen LogP contribution in [-0.2, 0) is 5.54 Å². The van der Waals surface area contributed by atoms with Gasteiger partial charge >= 0.3 is 0 Å². The van der Waals surface area contributed by atoms with E-state index in [2.05, 4.69) is 29.4 Å². The first-order chi connectivity index (χ1) is 17.8. The molecule has 6 nitrogen and oxygen atoms in total. The summed E-state index contributed by atoms with van der Waals surface area (Å²) in [4.78, 5) is 13.1. The van der Waals surface area contributed by atoms with Gasteiger partial charge in [-0.2, -0.15) is 5.11 Å². The molecular weight excluding hydrogens is 460 g/mol. The Bertz CT molecular complexity index is 1400. The molecule has 4 rings (SSSR count). The van der Waals surface area contributed by atoms with Gasteiger partial charge in [0.1, 0.15) is 5.69 Å². The number of phenolic OH excluding ortho intramolecular Hbond substituents is 1. The van der Waals surface area contributed by atoms with Crippen LogP contribution >= 0.6 is 0 Å². The summed E-state index contributed by atoms with van der Waals surface area (Å²) in [5.41, 5.74) is 10.2. The van der Waals surface area contributed by atoms with Gasteiger partial charge in [-0.15, -0.1) is 5.11 Å². The van der Waals surface area contributed by atoms with Crippen LogP contribution in [0.1, 0.15) is 61.0 Å². The van der Waals surface area contributed by atoms with E-state index in [0.29, 0.717) is 16.8 Å². The number of phenols is 1. The van der Waals surface area contributed by atoms with E-state index in [-0.39, 0.29) is 22.5 Å². The number of aromatic hydroxyl groups is 1. The Balaban J connectivity index is 1.66. The van der Waals surface area contributed by atoms with E-state index < -0.39 is 5.91 Å². The summed E-state index contributed by atoms with van der Waals surface area (Å²) < 4.78 is 0. The van der Waals surface area contributed by atoms with Crippen molar-refractivity contribution < 1.29 is 9.90 Å². The molecule has 37 heavy (non-hydrogen) atoms. The number of amides is 1. The topological polar surface area (TPSA) is 100 Å². The molecule has 6 heteroatoms. The van der Waals surface area contributed by atoms with Gasteiger partial charge in [-0.3, -0.25) is 4.79 Å². The lowest BCUT2D eigenvalue weighted by Gasteiger charge is -2.29. The largest absolute Gasteiger partial charge is 0.505 e. The summed E-state index contributed by atoms with van der Waals surface area (Å²) in [5, 5.41) is 24.2. The third kappa shape index (κ3) is 5.87. The second-order valence-electron chi connectivity index (χ2n) is 9.57. The number of aryl methyl sites for hydroxylation is 1. The van der Waals surface area contributed by atoms with Crippen LogP contribution in [0.15, 0.2) is 89.1 Å². The smallest absolute Gasteiger partial charge is 0.259 e. The van der Waals surface area contributed by atoms with E-state index in [1.165, 1.54) is 0 Å². The fourth-order valence-corrected chi connectivity index (χ4v) is 4.70. The molecule has 0 heterocycles. The summed E-state index contributed by atoms with van der Waals surface area (Å²) in [6.07, 6.45) is 3.86. The quantitative estimate of drug-likeness (QED) is 0.204. The van der Waals surface area contributed by atoms with Gasteiger partial charge in [0.05, 0.1) is 11.3 Å². The predicted molar refractivity (Wildman–Crippen MR) is 151 cm³/mol. The Morgan fingerprint density at radius 1 is 0.919 bits per heavy atom. The van der Waals surface area contributed by atoms with Crippen molar-refractivity contribution in [1.82, 2.24) is 0 Å². The number of carbonyl (C=O) groups excluding carboxylic acids is 1. The van der Waals surface area contributed by atoms with Crippen molar-refractivity contribution in [2.75, 3.05) is 5.32 Å². The summed E-state index contributed by atoms with van der Waals surface area (Å²) in [5.74, 6) is -0.630. The van der Waals surface area contributed by atoms with Gasteiger partial charge in [-0.1, -0.05) is 80.8 Å². The zero-order valence-electron chi connectivity index (χ0n) is 21.7. The van der Waals surface area contributed by atoms with Crippen molar-refractivity contribution in [2.24, 2.45) is 16.0 Å². The number of hydrogen-bond acceptors (Lipinski definition) is 5. The number of nitrogens with two attached hydrogens (primary N) is 1. The second-order valence-corrected chi connectivity index (χ2v) is 9.57. The molecule has 0 atom stereocenters. The molecule has 4 aromatic carbocycles. The van der Waals surface area contributed by atoms with Gasteiger partial charge < -0.3 is 16.2 Å². The van der Waals surface area contributed by atoms with Crippen LogP contribution in [0.25, 0.3) is 10.8 Å². The molecular formula is C31H34N4O2. The molecule has 0 fully saturated rings. The van der Waals surface area contributed by atoms with Crippen LogP contribution in [0, 0.1) is 6.92 Å². The fraction of sp³-hybridized carbons (Fsp3) is 0.258. The van der Waals surface area contributed by atoms with Crippen LogP contribution in [0.4, 0.5) is 17.1 Å². The standard InChI is InChI=1S/C31H34N4O2/c1-4-18-31(32,19-5-2)23-12-16-25(17-13-23)34-35-28-26-9-7-6-8-22(26)20-27(29(28)36)30(37)33-24-14-10-21(3)11-15-24/h6-17,20,36H,4-5,18-19,32H2,1-3H3,(H,33,37). The minimum atomic E-state index is -0.418. The van der Waals surface area contributed by atoms with Gasteiger partial charge in [-0.05, 0) is 61.0 Å². The molecule has 0 aliphatic heterocycles. The SMILES string of the molecule is CCCC(N)(CCC)c1ccc(N=Nc2c(O)c(C(=O)Nc3ccc(C)cc3)cc3ccccc23)cc1. The minimum absolute atomic E-state index is 0.135. The normalized spacial score (nSPS) is 11.8. The first kappa shape index (κ1) is 26.0. The molecule has 190 valence electrons. The highest BCUT2D eigenvalue weighted by Gasteiger charge is 2.25. The highest BCUT2D eigenvalue weighted by atomic mass is 16.3. The molecule has 4 N–H and O–H groups in total. The first-order valence-corrected chi connectivity index (χ1v) is 12.8. The molecule has 0 aromatic heterocycles. The molecule has 0 unspecified atom stereocenters. The maximum absolute atomic E-state index is 13.1. The molecule has 4 aromatic rings. The fourth-order valence-electron chi connectivity index (χ4n) is 4.70. The lowest BCUT2D eigenvalue weighted by molar-refractivity contribution is 0.102. The maximum Gasteiger partial charge on any atom is 0.259 e. The van der Waals surface area contributed by atoms with E-state index in [1.54, 1.807) is 6.07 Å². The Kier molecular flexibility index (Phi) is 7.99. The molecule has 0 spiro atoms. The lowest BCUT2D eigenvalue weighted by Crippen LogP contribution is -2.36. The van der Waals surface area contributed by atoms with Crippen LogP contribution in [0.3, 0.4) is 0 Å². The first-order valence-electron chi connectivity index (χ1n) is 12.8. The Morgan fingerprint density at radius 3 is 2.22 bits per heavy atom. The van der Waals surface area contributed by atoms with Crippen LogP contribution in [-0.4, -0.2) is 11.0 Å². The number of azo groups is 1. The van der Waals surface area contributed by atoms with Crippen molar-refractivity contribution in [3.8, 4) is 5.75 Å². The molecule has 0 aliphatic carbocycles. The Hall–Kier alpha value is -4.03. The highest BCUT2D eigenvalue weighted by Crippen LogP contribution is 2.40. The summed E-state index contributed by atoms with van der Waals surface area (Å²) >= 11 is 0. The van der Waals surface area contributed by atoms with Crippen molar-refractivity contribution >= 4 is 33.7 Å². The van der Waals surface area contributed by atoms with E-state index in [1.807, 2.05) is 79.7 Å². The van der Waals surface area contributed by atoms with Gasteiger partial charge in [0.25, 0.3) is 5.91 Å². The van der Waals surface area contributed by atoms with Crippen LogP contribution < -0.4 is 11.1 Å². The van der Waals surface area contributed by atoms with Crippen molar-refractivity contribution in [3.63, 3.8) is 0 Å². The number of hydrogen-bond donors (Lipinski definition) is 3. The number of nitrogens with one attached hydrogen (secondary N) is 1. The van der Waals surface area contributed by atoms with Gasteiger partial charge in [0, 0.05) is 16.6 Å². The number of fused-ring (bicyclic) bond motifs is 1. The minimum Gasteiger partial charge on any atom is -0.505 e. The van der Waals surface area contributed by atoms with Gasteiger partial charge in [0.2, 0.25) is 0 Å². The molecule has 0 saturated carbocycles. The average molecular weight is 495 g/mol. The molecule has 0 aliphatic rings. The lowest BCUT2D eigenvalue weighted by atomic mass is 9.83. The average Bonchev–Trinajstić information content (AvgIpc) is 2.89. The van der Waals surface area contributed by atoms with Crippen LogP contribution in [0.2, 0.25) is 0 Å². The number of benzene rings is 4. The maximum atomic E-state index is 13.1. The highest BCUT2D eigenvalue weighted by molar-refractivity contribution is 6.11. The Morgan fingerprint density at radius 2 is 1.57 bits per heavy atom. The third-order valence-corrected chi connectivity index (χ3v) is 6.65. The van der Waals surface area contributed by atoms with Crippen molar-refractivity contribution in [2.45, 2.75) is 52.0 Å². The van der Waals surface area contributed by atoms with Gasteiger partial charge in [-0.25, -0.2) is 0 Å². The number of rotatable bonds is 9. The molecule has 0 bridgehead atoms. The monoisotopic (exact) mass is 494 g/mol. The van der Waals surface area contributed by atoms with Crippen molar-refractivity contribution in [1.29, 1.82) is 0 Å². The summed E-state index contributed by atoms with van der Waals surface area (Å²) in [6.45, 7) is 6.27. The second kappa shape index (κ2) is 11.4. The number of anilines is 1. The zero-order chi connectivity index (χ0) is 26.4. The third-order valence-electron chi connectivity index (χ3n) is 6.65. The van der Waals surface area contributed by atoms with E-state index >= 15 is 0 Å². The van der Waals surface area contributed by atoms with Crippen LogP contribution in [0.5, 0.6) is 5.75 Å². The molecule has 0 radical (unpaired) electrons. The Labute approximate surface area is 218 Å². The van der Waals surface area contributed by atoms with E-state index in [4.69, 9.17) is 5.73 Å². The number of carbonyl (C=O) groups is 1. The molecule has 1 amide bonds. The molecule has 0 saturated heterocycles. The van der Waals surface area contributed by atoms with E-state index in [0.717, 1.165) is 42.2 Å². The zero-order valence-corrected chi connectivity index (χ0v) is 21.7.